The van der Waals surface area contributed by atoms with Crippen LogP contribution in [0.15, 0.2) is 47.5 Å². The van der Waals surface area contributed by atoms with Crippen molar-refractivity contribution in [1.82, 2.24) is 25.0 Å². The smallest absolute Gasteiger partial charge is 0.272 e. The third-order valence-electron chi connectivity index (χ3n) is 5.97. The second kappa shape index (κ2) is 6.94. The van der Waals surface area contributed by atoms with Gasteiger partial charge < -0.3 is 4.90 Å². The number of aromatic nitrogens is 5. The number of rotatable bonds is 2. The number of nitrogens with one attached hydrogen (secondary N) is 1. The number of H-pyrrole nitrogens is 1. The number of hydrogen-bond donors (Lipinski definition) is 1. The molecule has 0 unspecified atom stereocenters. The van der Waals surface area contributed by atoms with Crippen LogP contribution in [-0.2, 0) is 7.05 Å². The number of nitrogens with zero attached hydrogens (tertiary/aromatic N) is 5. The van der Waals surface area contributed by atoms with E-state index in [2.05, 4.69) is 25.2 Å². The molecule has 4 aromatic rings. The quantitative estimate of drug-likeness (QED) is 0.517. The number of halogens is 2. The highest BCUT2D eigenvalue weighted by Gasteiger charge is 2.45. The third-order valence-corrected chi connectivity index (χ3v) is 5.97. The first-order valence-corrected chi connectivity index (χ1v) is 10.3. The molecule has 0 spiro atoms. The van der Waals surface area contributed by atoms with E-state index in [-0.39, 0.29) is 11.2 Å². The monoisotopic (exact) mass is 436 g/mol. The van der Waals surface area contributed by atoms with E-state index in [1.54, 1.807) is 23.9 Å². The van der Waals surface area contributed by atoms with Crippen LogP contribution in [0.5, 0.6) is 0 Å². The van der Waals surface area contributed by atoms with Gasteiger partial charge in [0, 0.05) is 18.0 Å². The summed E-state index contributed by atoms with van der Waals surface area (Å²) in [5.74, 6) is -0.689. The molecule has 1 aliphatic heterocycles. The van der Waals surface area contributed by atoms with Crippen molar-refractivity contribution in [2.24, 2.45) is 7.05 Å². The van der Waals surface area contributed by atoms with Crippen molar-refractivity contribution >= 4 is 16.5 Å². The molecular formula is C23H22F2N6O. The number of aromatic amines is 1. The summed E-state index contributed by atoms with van der Waals surface area (Å²) in [6, 6.07) is 8.50. The van der Waals surface area contributed by atoms with Crippen LogP contribution in [0, 0.1) is 11.6 Å². The molecule has 0 radical (unpaired) electrons. The summed E-state index contributed by atoms with van der Waals surface area (Å²) >= 11 is 0. The maximum atomic E-state index is 14.7. The molecule has 0 amide bonds. The molecule has 0 saturated heterocycles. The first kappa shape index (κ1) is 20.3. The van der Waals surface area contributed by atoms with Crippen molar-refractivity contribution in [2.45, 2.75) is 38.3 Å². The average molecular weight is 436 g/mol. The Balaban J connectivity index is 1.94. The van der Waals surface area contributed by atoms with E-state index in [1.165, 1.54) is 30.6 Å². The maximum absolute atomic E-state index is 14.7. The first-order chi connectivity index (χ1) is 15.2. The fraction of sp³-hybridized carbons (Fsp3) is 0.304. The van der Waals surface area contributed by atoms with Gasteiger partial charge >= 0.3 is 0 Å². The summed E-state index contributed by atoms with van der Waals surface area (Å²) in [5.41, 5.74) is 0.992. The molecule has 9 heteroatoms. The van der Waals surface area contributed by atoms with Crippen molar-refractivity contribution in [3.8, 4) is 0 Å². The second-order valence-electron chi connectivity index (χ2n) is 9.04. The van der Waals surface area contributed by atoms with Crippen molar-refractivity contribution in [3.05, 3.63) is 81.8 Å². The van der Waals surface area contributed by atoms with Gasteiger partial charge in [-0.2, -0.15) is 10.2 Å². The highest BCUT2D eigenvalue weighted by molar-refractivity contribution is 5.98. The molecule has 0 fully saturated rings. The topological polar surface area (TPSA) is 79.7 Å². The van der Waals surface area contributed by atoms with Gasteiger partial charge in [0.2, 0.25) is 0 Å². The van der Waals surface area contributed by atoms with Gasteiger partial charge in [-0.25, -0.2) is 18.9 Å². The van der Waals surface area contributed by atoms with Crippen molar-refractivity contribution in [3.63, 3.8) is 0 Å². The standard InChI is InChI=1S/C23H22F2N6O/c1-23(2,3)31-16-10-14(25)9-15-17(16)19(28-29-22(15)32)18(21-26-11-27-30(21)4)20(31)12-5-7-13(24)8-6-12/h5-11,18,20H,1-4H3,(H,29,32)/t18-,20+/m0/s1. The Labute approximate surface area is 182 Å². The Morgan fingerprint density at radius 2 is 1.78 bits per heavy atom. The zero-order chi connectivity index (χ0) is 22.8. The van der Waals surface area contributed by atoms with Gasteiger partial charge in [-0.3, -0.25) is 9.48 Å². The highest BCUT2D eigenvalue weighted by Crippen LogP contribution is 2.52. The lowest BCUT2D eigenvalue weighted by Crippen LogP contribution is -2.49. The van der Waals surface area contributed by atoms with Crippen LogP contribution >= 0.6 is 0 Å². The van der Waals surface area contributed by atoms with Gasteiger partial charge in [0.05, 0.1) is 28.7 Å². The predicted molar refractivity (Wildman–Crippen MR) is 117 cm³/mol. The SMILES string of the molecule is Cn1ncnc1[C@H]1c2n[nH]c(=O)c3cc(F)cc(c23)N(C(C)(C)C)[C@@H]1c1ccc(F)cc1. The van der Waals surface area contributed by atoms with E-state index in [0.717, 1.165) is 5.56 Å². The summed E-state index contributed by atoms with van der Waals surface area (Å²) in [6.45, 7) is 6.04. The molecule has 0 aliphatic carbocycles. The molecule has 32 heavy (non-hydrogen) atoms. The largest absolute Gasteiger partial charge is 0.358 e. The maximum Gasteiger partial charge on any atom is 0.272 e. The van der Waals surface area contributed by atoms with Crippen LogP contribution in [0.2, 0.25) is 0 Å². The van der Waals surface area contributed by atoms with E-state index >= 15 is 0 Å². The number of anilines is 1. The van der Waals surface area contributed by atoms with Crippen LogP contribution in [0.4, 0.5) is 14.5 Å². The summed E-state index contributed by atoms with van der Waals surface area (Å²) in [7, 11) is 1.79. The molecule has 0 saturated carbocycles. The molecule has 7 nitrogen and oxygen atoms in total. The summed E-state index contributed by atoms with van der Waals surface area (Å²) in [5, 5.41) is 12.0. The molecule has 2 atom stereocenters. The number of hydrogen-bond acceptors (Lipinski definition) is 5. The van der Waals surface area contributed by atoms with Gasteiger partial charge in [-0.05, 0) is 50.6 Å². The minimum Gasteiger partial charge on any atom is -0.358 e. The van der Waals surface area contributed by atoms with E-state index in [9.17, 15) is 13.6 Å². The lowest BCUT2D eigenvalue weighted by molar-refractivity contribution is 0.397. The van der Waals surface area contributed by atoms with Crippen LogP contribution in [0.25, 0.3) is 10.8 Å². The van der Waals surface area contributed by atoms with Crippen molar-refractivity contribution < 1.29 is 8.78 Å². The van der Waals surface area contributed by atoms with Gasteiger partial charge in [-0.15, -0.1) is 0 Å². The molecule has 1 aliphatic rings. The molecule has 1 N–H and O–H groups in total. The minimum atomic E-state index is -0.514. The zero-order valence-corrected chi connectivity index (χ0v) is 18.1. The van der Waals surface area contributed by atoms with E-state index in [1.807, 2.05) is 20.8 Å². The van der Waals surface area contributed by atoms with Gasteiger partial charge in [-0.1, -0.05) is 12.1 Å². The molecule has 164 valence electrons. The Bertz CT molecular complexity index is 1390. The molecule has 5 rings (SSSR count). The molecular weight excluding hydrogens is 414 g/mol. The van der Waals surface area contributed by atoms with E-state index < -0.39 is 28.9 Å². The predicted octanol–water partition coefficient (Wildman–Crippen LogP) is 3.82. The lowest BCUT2D eigenvalue weighted by Gasteiger charge is -2.49. The second-order valence-corrected chi connectivity index (χ2v) is 9.04. The molecule has 2 aromatic carbocycles. The first-order valence-electron chi connectivity index (χ1n) is 10.3. The molecule has 2 aromatic heterocycles. The number of benzene rings is 2. The van der Waals surface area contributed by atoms with E-state index in [4.69, 9.17) is 0 Å². The van der Waals surface area contributed by atoms with Crippen molar-refractivity contribution in [1.29, 1.82) is 0 Å². The third kappa shape index (κ3) is 2.99. The zero-order valence-electron chi connectivity index (χ0n) is 18.1. The van der Waals surface area contributed by atoms with Gasteiger partial charge in [0.25, 0.3) is 5.56 Å². The highest BCUT2D eigenvalue weighted by atomic mass is 19.1. The van der Waals surface area contributed by atoms with Crippen LogP contribution in [0.1, 0.15) is 49.8 Å². The molecule has 3 heterocycles. The summed E-state index contributed by atoms with van der Waals surface area (Å²) in [4.78, 5) is 19.2. The van der Waals surface area contributed by atoms with E-state index in [0.29, 0.717) is 22.6 Å². The number of aryl methyl sites for hydroxylation is 1. The average Bonchev–Trinajstić information content (AvgIpc) is 3.14. The lowest BCUT2D eigenvalue weighted by atomic mass is 9.79. The summed E-state index contributed by atoms with van der Waals surface area (Å²) < 4.78 is 30.2. The fourth-order valence-electron chi connectivity index (χ4n) is 4.76. The summed E-state index contributed by atoms with van der Waals surface area (Å²) in [6.07, 6.45) is 1.46. The Kier molecular flexibility index (Phi) is 4.40. The molecule has 0 bridgehead atoms. The fourth-order valence-corrected chi connectivity index (χ4v) is 4.76. The van der Waals surface area contributed by atoms with Crippen molar-refractivity contribution in [2.75, 3.05) is 4.90 Å². The normalized spacial score (nSPS) is 18.4. The Hall–Kier alpha value is -3.62. The van der Waals surface area contributed by atoms with Gasteiger partial charge in [0.1, 0.15) is 23.8 Å². The van der Waals surface area contributed by atoms with Crippen LogP contribution in [0.3, 0.4) is 0 Å². The van der Waals surface area contributed by atoms with Gasteiger partial charge in [0.15, 0.2) is 0 Å². The van der Waals surface area contributed by atoms with Crippen LogP contribution in [-0.4, -0.2) is 30.5 Å². The minimum absolute atomic E-state index is 0.226. The van der Waals surface area contributed by atoms with Crippen LogP contribution < -0.4 is 10.5 Å². The Morgan fingerprint density at radius 3 is 2.41 bits per heavy atom. The Morgan fingerprint density at radius 1 is 1.06 bits per heavy atom.